The maximum Gasteiger partial charge on any atom is 0.274 e. The minimum absolute atomic E-state index is 0.0132. The summed E-state index contributed by atoms with van der Waals surface area (Å²) in [5, 5.41) is 11.3. The summed E-state index contributed by atoms with van der Waals surface area (Å²) in [5.74, 6) is 0.257. The average molecular weight is 407 g/mol. The van der Waals surface area contributed by atoms with Gasteiger partial charge in [-0.3, -0.25) is 19.5 Å². The Bertz CT molecular complexity index is 1130. The van der Waals surface area contributed by atoms with Gasteiger partial charge in [0.25, 0.3) is 5.91 Å². The van der Waals surface area contributed by atoms with Gasteiger partial charge in [-0.25, -0.2) is 0 Å². The number of furan rings is 1. The highest BCUT2D eigenvalue weighted by molar-refractivity contribution is 7.99. The molecule has 0 fully saturated rings. The Labute approximate surface area is 170 Å². The third-order valence-corrected chi connectivity index (χ3v) is 5.08. The van der Waals surface area contributed by atoms with Crippen molar-refractivity contribution < 1.29 is 14.0 Å². The van der Waals surface area contributed by atoms with E-state index in [0.717, 1.165) is 5.69 Å². The Morgan fingerprint density at radius 3 is 2.59 bits per heavy atom. The van der Waals surface area contributed by atoms with E-state index in [4.69, 9.17) is 4.42 Å². The summed E-state index contributed by atoms with van der Waals surface area (Å²) in [6.07, 6.45) is 3.31. The van der Waals surface area contributed by atoms with Gasteiger partial charge in [0.2, 0.25) is 11.7 Å². The highest BCUT2D eigenvalue weighted by atomic mass is 32.2. The topological polar surface area (TPSA) is 94.9 Å². The zero-order valence-corrected chi connectivity index (χ0v) is 16.3. The number of rotatable bonds is 6. The molecule has 0 spiro atoms. The van der Waals surface area contributed by atoms with Crippen LogP contribution in [0.5, 0.6) is 0 Å². The summed E-state index contributed by atoms with van der Waals surface area (Å²) in [7, 11) is 1.74. The third kappa shape index (κ3) is 3.99. The van der Waals surface area contributed by atoms with Crippen molar-refractivity contribution in [3.05, 3.63) is 72.8 Å². The van der Waals surface area contributed by atoms with Crippen LogP contribution in [0.1, 0.15) is 10.5 Å². The van der Waals surface area contributed by atoms with Crippen LogP contribution in [0.15, 0.2) is 76.6 Å². The zero-order valence-electron chi connectivity index (χ0n) is 15.5. The van der Waals surface area contributed by atoms with Crippen molar-refractivity contribution in [1.29, 1.82) is 0 Å². The second-order valence-electron chi connectivity index (χ2n) is 6.12. The quantitative estimate of drug-likeness (QED) is 0.494. The molecule has 0 radical (unpaired) electrons. The van der Waals surface area contributed by atoms with Gasteiger partial charge in [0.05, 0.1) is 12.0 Å². The SMILES string of the molecule is Cn1cccc1C(=O)NC(=O)CSc1nnc(-c2ccco2)n1-c1ccccc1. The lowest BCUT2D eigenvalue weighted by Crippen LogP contribution is -2.33. The highest BCUT2D eigenvalue weighted by Gasteiger charge is 2.19. The lowest BCUT2D eigenvalue weighted by Gasteiger charge is -2.09. The van der Waals surface area contributed by atoms with Crippen LogP contribution in [0, 0.1) is 0 Å². The predicted molar refractivity (Wildman–Crippen MR) is 108 cm³/mol. The normalized spacial score (nSPS) is 10.8. The van der Waals surface area contributed by atoms with Crippen molar-refractivity contribution in [1.82, 2.24) is 24.6 Å². The summed E-state index contributed by atoms with van der Waals surface area (Å²) >= 11 is 1.19. The molecule has 4 aromatic rings. The largest absolute Gasteiger partial charge is 0.461 e. The summed E-state index contributed by atoms with van der Waals surface area (Å²) < 4.78 is 8.93. The van der Waals surface area contributed by atoms with Gasteiger partial charge < -0.3 is 8.98 Å². The van der Waals surface area contributed by atoms with Crippen molar-refractivity contribution in [2.45, 2.75) is 5.16 Å². The van der Waals surface area contributed by atoms with E-state index >= 15 is 0 Å². The minimum Gasteiger partial charge on any atom is -0.461 e. The zero-order chi connectivity index (χ0) is 20.2. The van der Waals surface area contributed by atoms with Crippen LogP contribution in [-0.4, -0.2) is 36.9 Å². The number of benzene rings is 1. The van der Waals surface area contributed by atoms with Gasteiger partial charge in [-0.2, -0.15) is 0 Å². The van der Waals surface area contributed by atoms with Crippen LogP contribution in [0.25, 0.3) is 17.3 Å². The van der Waals surface area contributed by atoms with Gasteiger partial charge in [-0.1, -0.05) is 30.0 Å². The molecule has 2 amide bonds. The van der Waals surface area contributed by atoms with Gasteiger partial charge in [0.15, 0.2) is 10.9 Å². The number of nitrogens with zero attached hydrogens (tertiary/aromatic N) is 4. The summed E-state index contributed by atoms with van der Waals surface area (Å²) in [4.78, 5) is 24.5. The molecule has 0 saturated heterocycles. The summed E-state index contributed by atoms with van der Waals surface area (Å²) in [5.41, 5.74) is 1.25. The Hall–Kier alpha value is -3.59. The molecule has 0 aliphatic rings. The average Bonchev–Trinajstić information content (AvgIpc) is 3.47. The van der Waals surface area contributed by atoms with Gasteiger partial charge in [0.1, 0.15) is 5.69 Å². The van der Waals surface area contributed by atoms with E-state index in [1.165, 1.54) is 11.8 Å². The standard InChI is InChI=1S/C20H17N5O3S/c1-24-11-5-9-15(24)19(27)21-17(26)13-29-20-23-22-18(16-10-6-12-28-16)25(20)14-7-3-2-4-8-14/h2-12H,13H2,1H3,(H,21,26,27). The van der Waals surface area contributed by atoms with Crippen LogP contribution in [0.4, 0.5) is 0 Å². The van der Waals surface area contributed by atoms with Crippen LogP contribution >= 0.6 is 11.8 Å². The molecule has 4 rings (SSSR count). The number of thioether (sulfide) groups is 1. The number of amides is 2. The molecule has 0 aliphatic carbocycles. The number of hydrogen-bond donors (Lipinski definition) is 1. The van der Waals surface area contributed by atoms with E-state index in [1.54, 1.807) is 48.3 Å². The molecule has 29 heavy (non-hydrogen) atoms. The number of imide groups is 1. The van der Waals surface area contributed by atoms with Crippen molar-refractivity contribution in [2.75, 3.05) is 5.75 Å². The van der Waals surface area contributed by atoms with Gasteiger partial charge in [-0.15, -0.1) is 10.2 Å². The van der Waals surface area contributed by atoms with E-state index in [1.807, 2.05) is 34.9 Å². The van der Waals surface area contributed by atoms with Crippen LogP contribution in [0.3, 0.4) is 0 Å². The lowest BCUT2D eigenvalue weighted by molar-refractivity contribution is -0.117. The second kappa shape index (κ2) is 8.19. The smallest absolute Gasteiger partial charge is 0.274 e. The first-order valence-corrected chi connectivity index (χ1v) is 9.75. The monoisotopic (exact) mass is 407 g/mol. The number of hydrogen-bond acceptors (Lipinski definition) is 6. The van der Waals surface area contributed by atoms with Gasteiger partial charge in [0, 0.05) is 18.9 Å². The molecule has 0 aliphatic heterocycles. The van der Waals surface area contributed by atoms with E-state index in [0.29, 0.717) is 22.4 Å². The fourth-order valence-electron chi connectivity index (χ4n) is 2.79. The number of nitrogens with one attached hydrogen (secondary N) is 1. The van der Waals surface area contributed by atoms with Crippen molar-refractivity contribution >= 4 is 23.6 Å². The molecule has 9 heteroatoms. The van der Waals surface area contributed by atoms with E-state index in [9.17, 15) is 9.59 Å². The first-order chi connectivity index (χ1) is 14.1. The first kappa shape index (κ1) is 18.8. The summed E-state index contributed by atoms with van der Waals surface area (Å²) in [6, 6.07) is 16.5. The highest BCUT2D eigenvalue weighted by Crippen LogP contribution is 2.28. The third-order valence-electron chi connectivity index (χ3n) is 4.15. The van der Waals surface area contributed by atoms with Crippen molar-refractivity contribution in [3.63, 3.8) is 0 Å². The maximum absolute atomic E-state index is 12.3. The second-order valence-corrected chi connectivity index (χ2v) is 7.07. The van der Waals surface area contributed by atoms with Gasteiger partial charge >= 0.3 is 0 Å². The van der Waals surface area contributed by atoms with Crippen LogP contribution in [-0.2, 0) is 11.8 Å². The molecular weight excluding hydrogens is 390 g/mol. The van der Waals surface area contributed by atoms with Gasteiger partial charge in [-0.05, 0) is 36.4 Å². The number of carbonyl (C=O) groups excluding carboxylic acids is 2. The molecule has 1 aromatic carbocycles. The van der Waals surface area contributed by atoms with Crippen LogP contribution < -0.4 is 5.32 Å². The number of carbonyl (C=O) groups is 2. The van der Waals surface area contributed by atoms with E-state index in [2.05, 4.69) is 15.5 Å². The molecular formula is C20H17N5O3S. The molecule has 146 valence electrons. The molecule has 3 aromatic heterocycles. The molecule has 0 saturated carbocycles. The minimum atomic E-state index is -0.441. The summed E-state index contributed by atoms with van der Waals surface area (Å²) in [6.45, 7) is 0. The van der Waals surface area contributed by atoms with E-state index < -0.39 is 11.8 Å². The number of aryl methyl sites for hydroxylation is 1. The maximum atomic E-state index is 12.3. The Morgan fingerprint density at radius 1 is 1.07 bits per heavy atom. The van der Waals surface area contributed by atoms with Crippen molar-refractivity contribution in [2.24, 2.45) is 7.05 Å². The molecule has 0 bridgehead atoms. The fourth-order valence-corrected chi connectivity index (χ4v) is 3.54. The Kier molecular flexibility index (Phi) is 5.30. The Morgan fingerprint density at radius 2 is 1.90 bits per heavy atom. The lowest BCUT2D eigenvalue weighted by atomic mass is 10.3. The van der Waals surface area contributed by atoms with E-state index in [-0.39, 0.29) is 5.75 Å². The molecule has 0 atom stereocenters. The molecule has 8 nitrogen and oxygen atoms in total. The molecule has 1 N–H and O–H groups in total. The number of para-hydroxylation sites is 1. The first-order valence-electron chi connectivity index (χ1n) is 8.76. The number of aromatic nitrogens is 4. The van der Waals surface area contributed by atoms with Crippen LogP contribution in [0.2, 0.25) is 0 Å². The molecule has 3 heterocycles. The predicted octanol–water partition coefficient (Wildman–Crippen LogP) is 2.91. The Balaban J connectivity index is 1.52. The van der Waals surface area contributed by atoms with Crippen molar-refractivity contribution in [3.8, 4) is 17.3 Å². The fraction of sp³-hybridized carbons (Fsp3) is 0.100. The molecule has 0 unspecified atom stereocenters.